The summed E-state index contributed by atoms with van der Waals surface area (Å²) in [5.41, 5.74) is 0.886. The van der Waals surface area contributed by atoms with Gasteiger partial charge in [-0.2, -0.15) is 0 Å². The first-order valence-electron chi connectivity index (χ1n) is 9.98. The van der Waals surface area contributed by atoms with E-state index in [1.807, 2.05) is 4.72 Å². The minimum atomic E-state index is -4.21. The second-order valence-corrected chi connectivity index (χ2v) is 9.74. The third kappa shape index (κ3) is 8.06. The molecule has 0 aliphatic rings. The fourth-order valence-corrected chi connectivity index (χ4v) is 4.70. The van der Waals surface area contributed by atoms with E-state index in [9.17, 15) is 18.0 Å². The van der Waals surface area contributed by atoms with Crippen molar-refractivity contribution < 1.29 is 32.2 Å². The lowest BCUT2D eigenvalue weighted by Gasteiger charge is -2.14. The molecule has 2 aromatic rings. The smallest absolute Gasteiger partial charge is 0.307 e. The summed E-state index contributed by atoms with van der Waals surface area (Å²) in [6.07, 6.45) is 0.314. The lowest BCUT2D eigenvalue weighted by atomic mass is 10.1. The molecular formula is C21H26ClN3O7S2. The summed E-state index contributed by atoms with van der Waals surface area (Å²) in [5, 5.41) is 2.36. The van der Waals surface area contributed by atoms with Gasteiger partial charge in [0.1, 0.15) is 23.0 Å². The topological polar surface area (TPSA) is 132 Å². The van der Waals surface area contributed by atoms with Crippen LogP contribution in [0.4, 0.5) is 4.79 Å². The van der Waals surface area contributed by atoms with Gasteiger partial charge in [-0.3, -0.25) is 14.3 Å². The summed E-state index contributed by atoms with van der Waals surface area (Å²) in [6, 6.07) is 9.28. The summed E-state index contributed by atoms with van der Waals surface area (Å²) in [4.78, 5) is 24.2. The summed E-state index contributed by atoms with van der Waals surface area (Å²) >= 11 is 6.57. The van der Waals surface area contributed by atoms with Gasteiger partial charge in [0.05, 0.1) is 19.3 Å². The number of sulfonamides is 1. The number of rotatable bonds is 12. The van der Waals surface area contributed by atoms with Crippen LogP contribution in [0, 0.1) is 0 Å². The Kier molecular flexibility index (Phi) is 10.9. The first kappa shape index (κ1) is 27.7. The first-order chi connectivity index (χ1) is 16.2. The number of halogens is 1. The highest BCUT2D eigenvalue weighted by Crippen LogP contribution is 2.26. The maximum Gasteiger partial charge on any atom is 0.307 e. The molecule has 0 spiro atoms. The molecule has 0 aliphatic heterocycles. The molecular weight excluding hydrogens is 506 g/mol. The van der Waals surface area contributed by atoms with Crippen molar-refractivity contribution in [2.24, 2.45) is 0 Å². The molecule has 0 radical (unpaired) electrons. The zero-order valence-electron chi connectivity index (χ0n) is 18.8. The molecule has 2 amide bonds. The van der Waals surface area contributed by atoms with Crippen LogP contribution >= 0.6 is 23.5 Å². The Morgan fingerprint density at radius 1 is 1.06 bits per heavy atom. The van der Waals surface area contributed by atoms with Crippen LogP contribution in [0.3, 0.4) is 0 Å². The summed E-state index contributed by atoms with van der Waals surface area (Å²) in [5.74, 6) is 0.0642. The normalized spacial score (nSPS) is 11.1. The van der Waals surface area contributed by atoms with Crippen molar-refractivity contribution in [1.29, 1.82) is 0 Å². The zero-order chi connectivity index (χ0) is 25.1. The molecule has 0 bridgehead atoms. The largest absolute Gasteiger partial charge is 0.496 e. The molecule has 2 aromatic carbocycles. The molecule has 0 saturated carbocycles. The second-order valence-electron chi connectivity index (χ2n) is 6.67. The molecule has 3 N–H and O–H groups in total. The van der Waals surface area contributed by atoms with Crippen LogP contribution in [0.25, 0.3) is 0 Å². The second kappa shape index (κ2) is 13.4. The minimum absolute atomic E-state index is 0.0725. The van der Waals surface area contributed by atoms with E-state index in [1.165, 1.54) is 39.5 Å². The summed E-state index contributed by atoms with van der Waals surface area (Å²) in [7, 11) is 0.218. The van der Waals surface area contributed by atoms with Crippen molar-refractivity contribution >= 4 is 44.7 Å². The minimum Gasteiger partial charge on any atom is -0.496 e. The molecule has 13 heteroatoms. The van der Waals surface area contributed by atoms with Gasteiger partial charge in [-0.05, 0) is 49.4 Å². The molecule has 0 atom stereocenters. The molecule has 186 valence electrons. The van der Waals surface area contributed by atoms with E-state index in [0.717, 1.165) is 0 Å². The number of carbonyl (C=O) groups excluding carboxylic acids is 2. The van der Waals surface area contributed by atoms with E-state index < -0.39 is 15.3 Å². The monoisotopic (exact) mass is 531 g/mol. The Morgan fingerprint density at radius 3 is 2.47 bits per heavy atom. The van der Waals surface area contributed by atoms with Gasteiger partial charge in [0.2, 0.25) is 0 Å². The third-order valence-corrected chi connectivity index (χ3v) is 6.57. The first-order valence-corrected chi connectivity index (χ1v) is 12.7. The van der Waals surface area contributed by atoms with Crippen LogP contribution < -0.4 is 24.2 Å². The highest BCUT2D eigenvalue weighted by molar-refractivity contribution is 8.13. The third-order valence-electron chi connectivity index (χ3n) is 4.36. The Hall–Kier alpha value is -2.51. The van der Waals surface area contributed by atoms with Crippen molar-refractivity contribution in [3.63, 3.8) is 0 Å². The van der Waals surface area contributed by atoms with E-state index in [4.69, 9.17) is 25.8 Å². The number of hydrogen-bond donors (Lipinski definition) is 3. The van der Waals surface area contributed by atoms with E-state index in [0.29, 0.717) is 34.7 Å². The van der Waals surface area contributed by atoms with Crippen LogP contribution in [0.1, 0.15) is 15.9 Å². The van der Waals surface area contributed by atoms with Crippen molar-refractivity contribution in [2.45, 2.75) is 11.3 Å². The molecule has 0 heterocycles. The van der Waals surface area contributed by atoms with Crippen molar-refractivity contribution in [3.8, 4) is 11.5 Å². The Morgan fingerprint density at radius 2 is 1.79 bits per heavy atom. The number of ether oxygens (including phenoxy) is 3. The average Bonchev–Trinajstić information content (AvgIpc) is 2.79. The maximum atomic E-state index is 12.8. The van der Waals surface area contributed by atoms with E-state index in [-0.39, 0.29) is 41.9 Å². The van der Waals surface area contributed by atoms with Gasteiger partial charge in [-0.25, -0.2) is 13.1 Å². The summed E-state index contributed by atoms with van der Waals surface area (Å²) in [6.45, 7) is 0.580. The van der Waals surface area contributed by atoms with Crippen LogP contribution in [0.2, 0.25) is 5.02 Å². The Balaban J connectivity index is 2.18. The standard InChI is InChI=1S/C21H26ClN3O7S2/c1-23-33-21(27)25-34(28,29)19-12-14(4-6-18(19)32-11-10-30-2)8-9-24-20(26)16-13-15(22)5-7-17(16)31-3/h4-7,12-13,23H,8-11H2,1-3H3,(H,24,26)(H,25,27). The van der Waals surface area contributed by atoms with Crippen molar-refractivity contribution in [2.75, 3.05) is 41.0 Å². The molecule has 2 rings (SSSR count). The number of methoxy groups -OCH3 is 2. The lowest BCUT2D eigenvalue weighted by Crippen LogP contribution is -2.29. The SMILES string of the molecule is CNSC(=O)NS(=O)(=O)c1cc(CCNC(=O)c2cc(Cl)ccc2OC)ccc1OCCOC. The Bertz CT molecular complexity index is 1110. The lowest BCUT2D eigenvalue weighted by molar-refractivity contribution is 0.0951. The predicted octanol–water partition coefficient (Wildman–Crippen LogP) is 2.61. The molecule has 0 saturated heterocycles. The van der Waals surface area contributed by atoms with E-state index in [2.05, 4.69) is 10.0 Å². The fourth-order valence-electron chi connectivity index (χ4n) is 2.82. The van der Waals surface area contributed by atoms with Crippen LogP contribution in [0.15, 0.2) is 41.3 Å². The molecule has 0 unspecified atom stereocenters. The molecule has 0 fully saturated rings. The van der Waals surface area contributed by atoms with Crippen LogP contribution in [-0.2, 0) is 21.2 Å². The summed E-state index contributed by atoms with van der Waals surface area (Å²) < 4.78 is 45.8. The number of amides is 2. The van der Waals surface area contributed by atoms with Crippen LogP contribution in [0.5, 0.6) is 11.5 Å². The average molecular weight is 532 g/mol. The van der Waals surface area contributed by atoms with Crippen molar-refractivity contribution in [3.05, 3.63) is 52.5 Å². The number of hydrogen-bond acceptors (Lipinski definition) is 9. The van der Waals surface area contributed by atoms with Gasteiger partial charge < -0.3 is 19.5 Å². The maximum absolute atomic E-state index is 12.8. The molecule has 10 nitrogen and oxygen atoms in total. The van der Waals surface area contributed by atoms with Crippen molar-refractivity contribution in [1.82, 2.24) is 14.8 Å². The molecule has 0 aliphatic carbocycles. The van der Waals surface area contributed by atoms with Crippen LogP contribution in [-0.4, -0.2) is 60.6 Å². The fraction of sp³-hybridized carbons (Fsp3) is 0.333. The molecule has 34 heavy (non-hydrogen) atoms. The predicted molar refractivity (Wildman–Crippen MR) is 130 cm³/mol. The zero-order valence-corrected chi connectivity index (χ0v) is 21.2. The van der Waals surface area contributed by atoms with Gasteiger partial charge in [0, 0.05) is 30.6 Å². The Labute approximate surface area is 207 Å². The van der Waals surface area contributed by atoms with Gasteiger partial charge in [0.15, 0.2) is 0 Å². The van der Waals surface area contributed by atoms with Gasteiger partial charge in [-0.1, -0.05) is 17.7 Å². The van der Waals surface area contributed by atoms with Gasteiger partial charge in [0.25, 0.3) is 15.9 Å². The van der Waals surface area contributed by atoms with E-state index >= 15 is 0 Å². The quantitative estimate of drug-likeness (QED) is 0.279. The highest BCUT2D eigenvalue weighted by Gasteiger charge is 2.23. The highest BCUT2D eigenvalue weighted by atomic mass is 35.5. The molecule has 0 aromatic heterocycles. The number of nitrogens with one attached hydrogen (secondary N) is 3. The van der Waals surface area contributed by atoms with Gasteiger partial charge in [-0.15, -0.1) is 0 Å². The number of carbonyl (C=O) groups is 2. The van der Waals surface area contributed by atoms with E-state index in [1.54, 1.807) is 18.2 Å². The van der Waals surface area contributed by atoms with Gasteiger partial charge >= 0.3 is 5.24 Å². The number of benzene rings is 2.